The molecule has 7 heteroatoms. The number of aliphatic carboxylic acids is 1. The summed E-state index contributed by atoms with van der Waals surface area (Å²) in [4.78, 5) is 25.5. The monoisotopic (exact) mass is 361 g/mol. The SMILES string of the molecule is O=C(O)CC1CCN(C(=O)CSc2cc(Cl)ccc2Cl)CC1. The van der Waals surface area contributed by atoms with Crippen molar-refractivity contribution in [1.29, 1.82) is 0 Å². The third kappa shape index (κ3) is 5.07. The summed E-state index contributed by atoms with van der Waals surface area (Å²) in [5.74, 6) is -0.230. The smallest absolute Gasteiger partial charge is 0.303 e. The van der Waals surface area contributed by atoms with Crippen LogP contribution in [0.1, 0.15) is 19.3 Å². The van der Waals surface area contributed by atoms with Gasteiger partial charge in [-0.1, -0.05) is 23.2 Å². The summed E-state index contributed by atoms with van der Waals surface area (Å²) in [6.45, 7) is 1.25. The Bertz CT molecular complexity index is 560. The van der Waals surface area contributed by atoms with Gasteiger partial charge in [-0.2, -0.15) is 0 Å². The van der Waals surface area contributed by atoms with E-state index < -0.39 is 5.97 Å². The number of nitrogens with zero attached hydrogens (tertiary/aromatic N) is 1. The van der Waals surface area contributed by atoms with Crippen molar-refractivity contribution in [2.75, 3.05) is 18.8 Å². The number of likely N-dealkylation sites (tertiary alicyclic amines) is 1. The molecule has 0 aliphatic carbocycles. The Hall–Kier alpha value is -0.910. The van der Waals surface area contributed by atoms with Crippen LogP contribution >= 0.6 is 35.0 Å². The van der Waals surface area contributed by atoms with Gasteiger partial charge in [0.25, 0.3) is 0 Å². The van der Waals surface area contributed by atoms with Crippen LogP contribution in [0.25, 0.3) is 0 Å². The summed E-state index contributed by atoms with van der Waals surface area (Å²) >= 11 is 13.4. The molecule has 0 radical (unpaired) electrons. The molecule has 1 N–H and O–H groups in total. The Balaban J connectivity index is 1.81. The van der Waals surface area contributed by atoms with Crippen LogP contribution in [0.15, 0.2) is 23.1 Å². The highest BCUT2D eigenvalue weighted by molar-refractivity contribution is 8.00. The molecule has 120 valence electrons. The van der Waals surface area contributed by atoms with E-state index in [1.807, 2.05) is 0 Å². The molecule has 1 aliphatic rings. The fourth-order valence-corrected chi connectivity index (χ4v) is 3.85. The Morgan fingerprint density at radius 1 is 1.27 bits per heavy atom. The summed E-state index contributed by atoms with van der Waals surface area (Å²) in [5.41, 5.74) is 0. The molecule has 0 bridgehead atoms. The van der Waals surface area contributed by atoms with Crippen LogP contribution in [-0.4, -0.2) is 40.7 Å². The second-order valence-corrected chi connectivity index (χ2v) is 7.15. The highest BCUT2D eigenvalue weighted by Gasteiger charge is 2.24. The number of carboxylic acid groups (broad SMARTS) is 1. The fraction of sp³-hybridized carbons (Fsp3) is 0.467. The van der Waals surface area contributed by atoms with Crippen molar-refractivity contribution >= 4 is 46.8 Å². The second kappa shape index (κ2) is 8.09. The average Bonchev–Trinajstić information content (AvgIpc) is 2.48. The van der Waals surface area contributed by atoms with Crippen molar-refractivity contribution in [1.82, 2.24) is 4.90 Å². The van der Waals surface area contributed by atoms with Crippen molar-refractivity contribution < 1.29 is 14.7 Å². The molecule has 1 saturated heterocycles. The molecule has 22 heavy (non-hydrogen) atoms. The van der Waals surface area contributed by atoms with Crippen LogP contribution in [0.5, 0.6) is 0 Å². The van der Waals surface area contributed by atoms with Crippen molar-refractivity contribution in [2.24, 2.45) is 5.92 Å². The molecule has 1 aromatic rings. The van der Waals surface area contributed by atoms with Gasteiger partial charge in [-0.25, -0.2) is 0 Å². The third-order valence-electron chi connectivity index (χ3n) is 3.67. The van der Waals surface area contributed by atoms with Crippen LogP contribution in [0.3, 0.4) is 0 Å². The van der Waals surface area contributed by atoms with Crippen LogP contribution in [0.2, 0.25) is 10.0 Å². The molecule has 1 fully saturated rings. The van der Waals surface area contributed by atoms with Crippen molar-refractivity contribution in [3.05, 3.63) is 28.2 Å². The van der Waals surface area contributed by atoms with E-state index in [-0.39, 0.29) is 18.2 Å². The molecule has 0 aromatic heterocycles. The fourth-order valence-electron chi connectivity index (χ4n) is 2.45. The van der Waals surface area contributed by atoms with Crippen LogP contribution in [0, 0.1) is 5.92 Å². The standard InChI is InChI=1S/C15H17Cl2NO3S/c16-11-1-2-12(17)13(8-11)22-9-14(19)18-5-3-10(4-6-18)7-15(20)21/h1-2,8,10H,3-7,9H2,(H,20,21). The lowest BCUT2D eigenvalue weighted by molar-refractivity contribution is -0.138. The summed E-state index contributed by atoms with van der Waals surface area (Å²) in [7, 11) is 0. The number of piperidine rings is 1. The van der Waals surface area contributed by atoms with E-state index in [2.05, 4.69) is 0 Å². The normalized spacial score (nSPS) is 15.8. The molecule has 1 aliphatic heterocycles. The molecule has 1 amide bonds. The summed E-state index contributed by atoms with van der Waals surface area (Å²) in [6.07, 6.45) is 1.69. The minimum Gasteiger partial charge on any atom is -0.481 e. The van der Waals surface area contributed by atoms with E-state index in [4.69, 9.17) is 28.3 Å². The molecular weight excluding hydrogens is 345 g/mol. The summed E-state index contributed by atoms with van der Waals surface area (Å²) < 4.78 is 0. The zero-order valence-electron chi connectivity index (χ0n) is 11.9. The molecule has 1 heterocycles. The minimum atomic E-state index is -0.768. The lowest BCUT2D eigenvalue weighted by atomic mass is 9.94. The van der Waals surface area contributed by atoms with Crippen LogP contribution in [-0.2, 0) is 9.59 Å². The molecule has 4 nitrogen and oxygen atoms in total. The van der Waals surface area contributed by atoms with Gasteiger partial charge in [0.2, 0.25) is 5.91 Å². The number of benzene rings is 1. The maximum atomic E-state index is 12.2. The molecule has 0 atom stereocenters. The predicted molar refractivity (Wildman–Crippen MR) is 88.7 cm³/mol. The highest BCUT2D eigenvalue weighted by atomic mass is 35.5. The van der Waals surface area contributed by atoms with Gasteiger partial charge in [-0.05, 0) is 37.0 Å². The predicted octanol–water partition coefficient (Wildman–Crippen LogP) is 3.80. The Morgan fingerprint density at radius 3 is 2.59 bits per heavy atom. The third-order valence-corrected chi connectivity index (χ3v) is 5.39. The van der Waals surface area contributed by atoms with Crippen molar-refractivity contribution in [3.63, 3.8) is 0 Å². The number of thioether (sulfide) groups is 1. The zero-order valence-corrected chi connectivity index (χ0v) is 14.3. The van der Waals surface area contributed by atoms with Gasteiger partial charge in [0.15, 0.2) is 0 Å². The molecule has 0 saturated carbocycles. The topological polar surface area (TPSA) is 57.6 Å². The van der Waals surface area contributed by atoms with Gasteiger partial charge in [0.1, 0.15) is 0 Å². The Morgan fingerprint density at radius 2 is 1.95 bits per heavy atom. The number of amides is 1. The zero-order chi connectivity index (χ0) is 16.1. The van der Waals surface area contributed by atoms with Gasteiger partial charge in [-0.3, -0.25) is 9.59 Å². The molecule has 0 unspecified atom stereocenters. The largest absolute Gasteiger partial charge is 0.481 e. The van der Waals surface area contributed by atoms with E-state index in [0.29, 0.717) is 28.9 Å². The second-order valence-electron chi connectivity index (χ2n) is 5.29. The number of rotatable bonds is 5. The molecule has 0 spiro atoms. The number of halogens is 2. The molecular formula is C15H17Cl2NO3S. The first-order chi connectivity index (χ1) is 10.5. The summed E-state index contributed by atoms with van der Waals surface area (Å²) in [5, 5.41) is 9.97. The molecule has 1 aromatic carbocycles. The number of carboxylic acids is 1. The van der Waals surface area contributed by atoms with Crippen LogP contribution in [0.4, 0.5) is 0 Å². The van der Waals surface area contributed by atoms with E-state index in [0.717, 1.165) is 17.7 Å². The maximum absolute atomic E-state index is 12.2. The molecule has 2 rings (SSSR count). The Kier molecular flexibility index (Phi) is 6.41. The van der Waals surface area contributed by atoms with E-state index in [1.54, 1.807) is 23.1 Å². The van der Waals surface area contributed by atoms with Crippen molar-refractivity contribution in [2.45, 2.75) is 24.2 Å². The van der Waals surface area contributed by atoms with E-state index in [9.17, 15) is 9.59 Å². The van der Waals surface area contributed by atoms with Gasteiger partial charge in [0.05, 0.1) is 10.8 Å². The number of carbonyl (C=O) groups excluding carboxylic acids is 1. The first kappa shape index (κ1) is 17.4. The number of hydrogen-bond donors (Lipinski definition) is 1. The van der Waals surface area contributed by atoms with Gasteiger partial charge in [0, 0.05) is 29.4 Å². The quantitative estimate of drug-likeness (QED) is 0.810. The maximum Gasteiger partial charge on any atom is 0.303 e. The van der Waals surface area contributed by atoms with Crippen molar-refractivity contribution in [3.8, 4) is 0 Å². The van der Waals surface area contributed by atoms with E-state index in [1.165, 1.54) is 11.8 Å². The van der Waals surface area contributed by atoms with Gasteiger partial charge < -0.3 is 10.0 Å². The lowest BCUT2D eigenvalue weighted by Gasteiger charge is -2.31. The lowest BCUT2D eigenvalue weighted by Crippen LogP contribution is -2.39. The van der Waals surface area contributed by atoms with Crippen LogP contribution < -0.4 is 0 Å². The first-order valence-electron chi connectivity index (χ1n) is 7.03. The minimum absolute atomic E-state index is 0.0508. The Labute approximate surface area is 143 Å². The number of hydrogen-bond acceptors (Lipinski definition) is 3. The average molecular weight is 362 g/mol. The van der Waals surface area contributed by atoms with E-state index >= 15 is 0 Å². The highest BCUT2D eigenvalue weighted by Crippen LogP contribution is 2.30. The first-order valence-corrected chi connectivity index (χ1v) is 8.77. The van der Waals surface area contributed by atoms with Gasteiger partial charge in [-0.15, -0.1) is 11.8 Å². The van der Waals surface area contributed by atoms with Gasteiger partial charge >= 0.3 is 5.97 Å². The summed E-state index contributed by atoms with van der Waals surface area (Å²) in [6, 6.07) is 5.18. The number of carbonyl (C=O) groups is 2.